The molecule has 0 saturated carbocycles. The molecular weight excluding hydrogens is 276 g/mol. The Bertz CT molecular complexity index is 470. The second kappa shape index (κ2) is 5.38. The topological polar surface area (TPSA) is 49.8 Å². The molecule has 2 heterocycles. The molecule has 2 rings (SSSR count). The minimum atomic E-state index is -0.861. The molecule has 0 spiro atoms. The summed E-state index contributed by atoms with van der Waals surface area (Å²) in [7, 11) is -0.861. The van der Waals surface area contributed by atoms with Crippen LogP contribution in [0.3, 0.4) is 0 Å². The quantitative estimate of drug-likeness (QED) is 0.651. The maximum absolute atomic E-state index is 6.42. The molecule has 6 heteroatoms. The first kappa shape index (κ1) is 14.7. The minimum Gasteiger partial charge on any atom is -0.370 e. The zero-order chi connectivity index (χ0) is 14.2. The van der Waals surface area contributed by atoms with Crippen LogP contribution in [0.2, 0.25) is 18.2 Å². The summed E-state index contributed by atoms with van der Waals surface area (Å²) in [5.74, 6) is 1.70. The van der Waals surface area contributed by atoms with E-state index in [1.54, 1.807) is 0 Å². The molecule has 0 saturated heterocycles. The van der Waals surface area contributed by atoms with Crippen molar-refractivity contribution in [2.24, 2.45) is 0 Å². The van der Waals surface area contributed by atoms with Gasteiger partial charge in [-0.3, -0.25) is 0 Å². The van der Waals surface area contributed by atoms with Crippen LogP contribution in [0.4, 0.5) is 5.82 Å². The lowest BCUT2D eigenvalue weighted by molar-refractivity contribution is 0.534. The van der Waals surface area contributed by atoms with Gasteiger partial charge in [0.15, 0.2) is 0 Å². The molecular formula is C13H23ClN4Si. The zero-order valence-electron chi connectivity index (χ0n) is 12.3. The van der Waals surface area contributed by atoms with Gasteiger partial charge in [0, 0.05) is 23.6 Å². The lowest BCUT2D eigenvalue weighted by Crippen LogP contribution is -2.36. The summed E-state index contributed by atoms with van der Waals surface area (Å²) in [6.45, 7) is 11.8. The number of hydrogen-bond donors (Lipinski definition) is 2. The SMILES string of the molecule is C[SiH](C)NC1CCNc2nc(C(C)(C)C)nc(Cl)c21. The third-order valence-electron chi connectivity index (χ3n) is 3.18. The highest BCUT2D eigenvalue weighted by Crippen LogP contribution is 2.35. The van der Waals surface area contributed by atoms with E-state index in [0.29, 0.717) is 11.2 Å². The first-order valence-electron chi connectivity index (χ1n) is 6.87. The van der Waals surface area contributed by atoms with Crippen molar-refractivity contribution in [2.45, 2.75) is 51.7 Å². The summed E-state index contributed by atoms with van der Waals surface area (Å²) >= 11 is 6.42. The summed E-state index contributed by atoms with van der Waals surface area (Å²) in [6.07, 6.45) is 1.04. The third kappa shape index (κ3) is 3.27. The molecule has 0 fully saturated rings. The molecule has 1 aromatic heterocycles. The van der Waals surface area contributed by atoms with Crippen molar-refractivity contribution in [1.29, 1.82) is 0 Å². The second-order valence-corrected chi connectivity index (χ2v) is 9.44. The van der Waals surface area contributed by atoms with Crippen LogP contribution in [0.1, 0.15) is 44.6 Å². The average Bonchev–Trinajstić information content (AvgIpc) is 2.26. The normalized spacial score (nSPS) is 19.2. The number of fused-ring (bicyclic) bond motifs is 1. The zero-order valence-corrected chi connectivity index (χ0v) is 14.3. The number of nitrogens with one attached hydrogen (secondary N) is 2. The molecule has 0 amide bonds. The Labute approximate surface area is 122 Å². The number of hydrogen-bond acceptors (Lipinski definition) is 4. The lowest BCUT2D eigenvalue weighted by Gasteiger charge is -2.30. The van der Waals surface area contributed by atoms with Gasteiger partial charge in [-0.05, 0) is 6.42 Å². The first-order valence-corrected chi connectivity index (χ1v) is 10.1. The van der Waals surface area contributed by atoms with E-state index in [-0.39, 0.29) is 5.41 Å². The fraction of sp³-hybridized carbons (Fsp3) is 0.692. The molecule has 1 unspecified atom stereocenters. The second-order valence-electron chi connectivity index (χ2n) is 6.44. The van der Waals surface area contributed by atoms with Gasteiger partial charge in [-0.15, -0.1) is 0 Å². The summed E-state index contributed by atoms with van der Waals surface area (Å²) in [6, 6.07) is 0.296. The maximum Gasteiger partial charge on any atom is 0.139 e. The van der Waals surface area contributed by atoms with Crippen molar-refractivity contribution in [3.63, 3.8) is 0 Å². The smallest absolute Gasteiger partial charge is 0.139 e. The number of anilines is 1. The Balaban J connectivity index is 2.43. The van der Waals surface area contributed by atoms with Crippen LogP contribution in [0.5, 0.6) is 0 Å². The van der Waals surface area contributed by atoms with Gasteiger partial charge in [-0.1, -0.05) is 45.5 Å². The van der Waals surface area contributed by atoms with Gasteiger partial charge in [0.1, 0.15) is 25.8 Å². The largest absolute Gasteiger partial charge is 0.370 e. The van der Waals surface area contributed by atoms with E-state index in [1.165, 1.54) is 0 Å². The monoisotopic (exact) mass is 298 g/mol. The third-order valence-corrected chi connectivity index (χ3v) is 4.54. The lowest BCUT2D eigenvalue weighted by atomic mass is 9.95. The summed E-state index contributed by atoms with van der Waals surface area (Å²) in [4.78, 5) is 12.8. The van der Waals surface area contributed by atoms with E-state index in [2.05, 4.69) is 54.1 Å². The van der Waals surface area contributed by atoms with Gasteiger partial charge < -0.3 is 10.3 Å². The molecule has 0 aliphatic carbocycles. The number of halogens is 1. The van der Waals surface area contributed by atoms with Gasteiger partial charge in [0.05, 0.1) is 0 Å². The van der Waals surface area contributed by atoms with Crippen LogP contribution >= 0.6 is 11.6 Å². The van der Waals surface area contributed by atoms with Crippen LogP contribution in [-0.2, 0) is 5.41 Å². The van der Waals surface area contributed by atoms with Crippen molar-refractivity contribution in [2.75, 3.05) is 11.9 Å². The highest BCUT2D eigenvalue weighted by Gasteiger charge is 2.28. The molecule has 1 atom stereocenters. The van der Waals surface area contributed by atoms with Crippen LogP contribution < -0.4 is 10.3 Å². The fourth-order valence-electron chi connectivity index (χ4n) is 2.27. The van der Waals surface area contributed by atoms with Gasteiger partial charge in [0.25, 0.3) is 0 Å². The fourth-order valence-corrected chi connectivity index (χ4v) is 3.71. The number of aromatic nitrogens is 2. The number of nitrogens with zero attached hydrogens (tertiary/aromatic N) is 2. The van der Waals surface area contributed by atoms with E-state index in [9.17, 15) is 0 Å². The highest BCUT2D eigenvalue weighted by atomic mass is 35.5. The maximum atomic E-state index is 6.42. The molecule has 0 bridgehead atoms. The van der Waals surface area contributed by atoms with Crippen molar-refractivity contribution in [3.05, 3.63) is 16.5 Å². The van der Waals surface area contributed by atoms with Crippen LogP contribution in [0.25, 0.3) is 0 Å². The van der Waals surface area contributed by atoms with Crippen molar-refractivity contribution < 1.29 is 0 Å². The standard InChI is InChI=1S/C13H23ClN4Si/c1-13(2,3)12-16-10(14)9-8(18-19(4)5)6-7-15-11(9)17-12/h8,18-19H,6-7H2,1-5H3,(H,15,16,17). The molecule has 1 aromatic rings. The van der Waals surface area contributed by atoms with Crippen molar-refractivity contribution in [3.8, 4) is 0 Å². The van der Waals surface area contributed by atoms with Gasteiger partial charge in [0.2, 0.25) is 0 Å². The van der Waals surface area contributed by atoms with Gasteiger partial charge in [-0.25, -0.2) is 9.97 Å². The predicted molar refractivity (Wildman–Crippen MR) is 83.6 cm³/mol. The van der Waals surface area contributed by atoms with E-state index in [0.717, 1.165) is 30.2 Å². The molecule has 19 heavy (non-hydrogen) atoms. The molecule has 0 radical (unpaired) electrons. The van der Waals surface area contributed by atoms with E-state index < -0.39 is 8.96 Å². The molecule has 2 N–H and O–H groups in total. The van der Waals surface area contributed by atoms with E-state index in [1.807, 2.05) is 0 Å². The average molecular weight is 299 g/mol. The Morgan fingerprint density at radius 3 is 2.58 bits per heavy atom. The summed E-state index contributed by atoms with van der Waals surface area (Å²) < 4.78 is 0. The van der Waals surface area contributed by atoms with Crippen LogP contribution in [-0.4, -0.2) is 25.5 Å². The molecule has 1 aliphatic rings. The predicted octanol–water partition coefficient (Wildman–Crippen LogP) is 2.86. The molecule has 106 valence electrons. The van der Waals surface area contributed by atoms with Gasteiger partial charge >= 0.3 is 0 Å². The van der Waals surface area contributed by atoms with Crippen molar-refractivity contribution in [1.82, 2.24) is 15.0 Å². The van der Waals surface area contributed by atoms with Crippen LogP contribution in [0.15, 0.2) is 0 Å². The highest BCUT2D eigenvalue weighted by molar-refractivity contribution is 6.52. The van der Waals surface area contributed by atoms with E-state index in [4.69, 9.17) is 11.6 Å². The Hall–Kier alpha value is -0.653. The molecule has 0 aromatic carbocycles. The first-order chi connectivity index (χ1) is 8.79. The Morgan fingerprint density at radius 1 is 1.32 bits per heavy atom. The van der Waals surface area contributed by atoms with Gasteiger partial charge in [-0.2, -0.15) is 0 Å². The van der Waals surface area contributed by atoms with E-state index >= 15 is 0 Å². The Kier molecular flexibility index (Phi) is 4.18. The minimum absolute atomic E-state index is 0.0898. The molecule has 1 aliphatic heterocycles. The number of rotatable bonds is 2. The van der Waals surface area contributed by atoms with Crippen molar-refractivity contribution >= 4 is 26.4 Å². The molecule has 4 nitrogen and oxygen atoms in total. The summed E-state index contributed by atoms with van der Waals surface area (Å²) in [5.41, 5.74) is 0.954. The van der Waals surface area contributed by atoms with Crippen LogP contribution in [0, 0.1) is 0 Å². The summed E-state index contributed by atoms with van der Waals surface area (Å²) in [5, 5.41) is 3.95. The Morgan fingerprint density at radius 2 is 2.00 bits per heavy atom.